The molecule has 0 atom stereocenters. The molecule has 0 aliphatic rings. The summed E-state index contributed by atoms with van der Waals surface area (Å²) in [5, 5.41) is 2.76. The quantitative estimate of drug-likeness (QED) is 0.857. The summed E-state index contributed by atoms with van der Waals surface area (Å²) in [5.74, 6) is 0. The van der Waals surface area contributed by atoms with Crippen molar-refractivity contribution >= 4 is 23.0 Å². The van der Waals surface area contributed by atoms with Gasteiger partial charge in [0.15, 0.2) is 0 Å². The molecule has 0 radical (unpaired) electrons. The summed E-state index contributed by atoms with van der Waals surface area (Å²) < 4.78 is 38.8. The van der Waals surface area contributed by atoms with Gasteiger partial charge in [-0.3, -0.25) is 4.98 Å². The summed E-state index contributed by atoms with van der Waals surface area (Å²) in [6, 6.07) is 7.08. The van der Waals surface area contributed by atoms with E-state index in [1.807, 2.05) is 6.92 Å². The number of alkyl halides is 3. The van der Waals surface area contributed by atoms with Crippen molar-refractivity contribution in [1.82, 2.24) is 4.98 Å². The van der Waals surface area contributed by atoms with Crippen molar-refractivity contribution in [3.63, 3.8) is 0 Å². The molecule has 1 aromatic carbocycles. The lowest BCUT2D eigenvalue weighted by atomic mass is 10.1. The maximum Gasteiger partial charge on any atom is 0.418 e. The highest BCUT2D eigenvalue weighted by molar-refractivity contribution is 6.30. The average Bonchev–Trinajstić information content (AvgIpc) is 2.40. The zero-order chi connectivity index (χ0) is 14.8. The monoisotopic (exact) mass is 300 g/mol. The molecule has 0 aliphatic carbocycles. The average molecular weight is 301 g/mol. The topological polar surface area (TPSA) is 24.9 Å². The van der Waals surface area contributed by atoms with Gasteiger partial charge in [-0.25, -0.2) is 0 Å². The predicted molar refractivity (Wildman–Crippen MR) is 73.4 cm³/mol. The first-order valence-corrected chi connectivity index (χ1v) is 6.36. The third-order valence-corrected chi connectivity index (χ3v) is 2.99. The second kappa shape index (κ2) is 5.71. The van der Waals surface area contributed by atoms with E-state index in [4.69, 9.17) is 11.6 Å². The summed E-state index contributed by atoms with van der Waals surface area (Å²) in [6.45, 7) is 1.95. The molecule has 0 bridgehead atoms. The van der Waals surface area contributed by atoms with E-state index in [-0.39, 0.29) is 10.7 Å². The second-order valence-electron chi connectivity index (χ2n) is 4.20. The third kappa shape index (κ3) is 3.42. The van der Waals surface area contributed by atoms with Gasteiger partial charge in [0.25, 0.3) is 0 Å². The number of nitrogens with one attached hydrogen (secondary N) is 1. The number of anilines is 2. The van der Waals surface area contributed by atoms with Gasteiger partial charge in [0, 0.05) is 10.7 Å². The molecule has 0 unspecified atom stereocenters. The van der Waals surface area contributed by atoms with Gasteiger partial charge in [-0.15, -0.1) is 0 Å². The number of nitrogens with zero attached hydrogens (tertiary/aromatic N) is 1. The number of halogens is 4. The standard InChI is InChI=1S/C14H12ClF3N2/c1-2-10-4-5-11(8-19-10)20-13-6-3-9(15)7-12(13)14(16,17)18/h3-8,20H,2H2,1H3. The van der Waals surface area contributed by atoms with Gasteiger partial charge in [-0.2, -0.15) is 13.2 Å². The zero-order valence-corrected chi connectivity index (χ0v) is 11.4. The minimum absolute atomic E-state index is 0.0438. The lowest BCUT2D eigenvalue weighted by Crippen LogP contribution is -2.09. The molecular formula is C14H12ClF3N2. The van der Waals surface area contributed by atoms with E-state index in [2.05, 4.69) is 10.3 Å². The van der Waals surface area contributed by atoms with E-state index in [9.17, 15) is 13.2 Å². The van der Waals surface area contributed by atoms with Gasteiger partial charge in [-0.1, -0.05) is 18.5 Å². The number of hydrogen-bond acceptors (Lipinski definition) is 2. The molecule has 20 heavy (non-hydrogen) atoms. The molecule has 1 N–H and O–H groups in total. The number of hydrogen-bond donors (Lipinski definition) is 1. The Bertz CT molecular complexity index is 594. The maximum atomic E-state index is 12.9. The Morgan fingerprint density at radius 1 is 1.20 bits per heavy atom. The number of aryl methyl sites for hydroxylation is 1. The van der Waals surface area contributed by atoms with E-state index < -0.39 is 11.7 Å². The van der Waals surface area contributed by atoms with Gasteiger partial charge in [0.1, 0.15) is 0 Å². The number of aromatic nitrogens is 1. The number of pyridine rings is 1. The molecular weight excluding hydrogens is 289 g/mol. The van der Waals surface area contributed by atoms with E-state index in [0.717, 1.165) is 18.2 Å². The van der Waals surface area contributed by atoms with Crippen LogP contribution in [-0.4, -0.2) is 4.98 Å². The van der Waals surface area contributed by atoms with Crippen LogP contribution in [-0.2, 0) is 12.6 Å². The first-order chi connectivity index (χ1) is 9.40. The van der Waals surface area contributed by atoms with Gasteiger partial charge in [-0.05, 0) is 36.8 Å². The van der Waals surface area contributed by atoms with E-state index >= 15 is 0 Å². The fraction of sp³-hybridized carbons (Fsp3) is 0.214. The molecule has 6 heteroatoms. The highest BCUT2D eigenvalue weighted by Gasteiger charge is 2.33. The summed E-state index contributed by atoms with van der Waals surface area (Å²) in [5.41, 5.74) is 0.523. The van der Waals surface area contributed by atoms with Crippen LogP contribution in [0.15, 0.2) is 36.5 Å². The molecule has 106 valence electrons. The molecule has 0 saturated carbocycles. The zero-order valence-electron chi connectivity index (χ0n) is 10.6. The minimum atomic E-state index is -4.47. The van der Waals surface area contributed by atoms with Crippen molar-refractivity contribution in [3.05, 3.63) is 52.8 Å². The second-order valence-corrected chi connectivity index (χ2v) is 4.64. The largest absolute Gasteiger partial charge is 0.418 e. The molecule has 1 heterocycles. The van der Waals surface area contributed by atoms with Crippen LogP contribution < -0.4 is 5.32 Å². The first kappa shape index (κ1) is 14.7. The van der Waals surface area contributed by atoms with Crippen LogP contribution in [0.4, 0.5) is 24.5 Å². The van der Waals surface area contributed by atoms with Crippen molar-refractivity contribution < 1.29 is 13.2 Å². The normalized spacial score (nSPS) is 11.4. The summed E-state index contributed by atoms with van der Waals surface area (Å²) >= 11 is 5.63. The van der Waals surface area contributed by atoms with E-state index in [1.165, 1.54) is 18.3 Å². The van der Waals surface area contributed by atoms with Crippen molar-refractivity contribution in [3.8, 4) is 0 Å². The van der Waals surface area contributed by atoms with E-state index in [0.29, 0.717) is 5.69 Å². The van der Waals surface area contributed by atoms with Crippen molar-refractivity contribution in [2.75, 3.05) is 5.32 Å². The molecule has 0 saturated heterocycles. The fourth-order valence-corrected chi connectivity index (χ4v) is 1.90. The SMILES string of the molecule is CCc1ccc(Nc2ccc(Cl)cc2C(F)(F)F)cn1. The summed E-state index contributed by atoms with van der Waals surface area (Å²) in [4.78, 5) is 4.13. The van der Waals surface area contributed by atoms with Gasteiger partial charge >= 0.3 is 6.18 Å². The molecule has 0 fully saturated rings. The van der Waals surface area contributed by atoms with Gasteiger partial charge in [0.05, 0.1) is 23.1 Å². The van der Waals surface area contributed by atoms with Crippen LogP contribution in [0.2, 0.25) is 5.02 Å². The number of benzene rings is 1. The molecule has 2 nitrogen and oxygen atoms in total. The van der Waals surface area contributed by atoms with Crippen LogP contribution in [0.1, 0.15) is 18.2 Å². The van der Waals surface area contributed by atoms with Crippen LogP contribution in [0.25, 0.3) is 0 Å². The van der Waals surface area contributed by atoms with Crippen LogP contribution in [0, 0.1) is 0 Å². The Morgan fingerprint density at radius 3 is 2.50 bits per heavy atom. The smallest absolute Gasteiger partial charge is 0.354 e. The minimum Gasteiger partial charge on any atom is -0.354 e. The molecule has 0 amide bonds. The van der Waals surface area contributed by atoms with E-state index in [1.54, 1.807) is 12.1 Å². The van der Waals surface area contributed by atoms with Crippen LogP contribution in [0.5, 0.6) is 0 Å². The van der Waals surface area contributed by atoms with Crippen LogP contribution in [0.3, 0.4) is 0 Å². The summed E-state index contributed by atoms with van der Waals surface area (Å²) in [6.07, 6.45) is -2.19. The Morgan fingerprint density at radius 2 is 1.95 bits per heavy atom. The molecule has 2 aromatic rings. The number of rotatable bonds is 3. The predicted octanol–water partition coefficient (Wildman–Crippen LogP) is 5.06. The Balaban J connectivity index is 2.32. The van der Waals surface area contributed by atoms with Crippen molar-refractivity contribution in [2.24, 2.45) is 0 Å². The molecule has 0 aliphatic heterocycles. The Kier molecular flexibility index (Phi) is 4.18. The maximum absolute atomic E-state index is 12.9. The Labute approximate surface area is 119 Å². The lowest BCUT2D eigenvalue weighted by Gasteiger charge is -2.15. The highest BCUT2D eigenvalue weighted by Crippen LogP contribution is 2.37. The van der Waals surface area contributed by atoms with Gasteiger partial charge < -0.3 is 5.32 Å². The van der Waals surface area contributed by atoms with Crippen LogP contribution >= 0.6 is 11.6 Å². The molecule has 1 aromatic heterocycles. The third-order valence-electron chi connectivity index (χ3n) is 2.75. The lowest BCUT2D eigenvalue weighted by molar-refractivity contribution is -0.136. The molecule has 2 rings (SSSR count). The highest BCUT2D eigenvalue weighted by atomic mass is 35.5. The summed E-state index contributed by atoms with van der Waals surface area (Å²) in [7, 11) is 0. The molecule has 0 spiro atoms. The van der Waals surface area contributed by atoms with Crippen molar-refractivity contribution in [1.29, 1.82) is 0 Å². The van der Waals surface area contributed by atoms with Gasteiger partial charge in [0.2, 0.25) is 0 Å². The Hall–Kier alpha value is -1.75. The van der Waals surface area contributed by atoms with Crippen molar-refractivity contribution in [2.45, 2.75) is 19.5 Å². The fourth-order valence-electron chi connectivity index (χ4n) is 1.72. The first-order valence-electron chi connectivity index (χ1n) is 5.99.